The number of anilines is 1. The zero-order valence-corrected chi connectivity index (χ0v) is 13.2. The van der Waals surface area contributed by atoms with E-state index in [0.717, 1.165) is 5.56 Å². The van der Waals surface area contributed by atoms with Crippen LogP contribution in [0.15, 0.2) is 28.7 Å². The third-order valence-corrected chi connectivity index (χ3v) is 3.73. The normalized spacial score (nSPS) is 21.6. The fourth-order valence-electron chi connectivity index (χ4n) is 2.69. The number of morpholine rings is 1. The number of aromatic nitrogens is 1. The molecule has 2 aromatic rings. The van der Waals surface area contributed by atoms with E-state index in [1.54, 1.807) is 12.1 Å². The zero-order chi connectivity index (χ0) is 15.7. The Kier molecular flexibility index (Phi) is 4.06. The molecule has 3 rings (SSSR count). The first kappa shape index (κ1) is 14.9. The van der Waals surface area contributed by atoms with E-state index in [4.69, 9.17) is 20.8 Å². The third kappa shape index (κ3) is 2.94. The van der Waals surface area contributed by atoms with E-state index in [9.17, 15) is 5.26 Å². The molecule has 1 aromatic carbocycles. The monoisotopic (exact) mass is 317 g/mol. The van der Waals surface area contributed by atoms with Crippen molar-refractivity contribution in [1.29, 1.82) is 5.26 Å². The summed E-state index contributed by atoms with van der Waals surface area (Å²) in [6.07, 6.45) is 0.157. The minimum absolute atomic E-state index is 0.0787. The summed E-state index contributed by atoms with van der Waals surface area (Å²) >= 11 is 6.00. The first-order valence-corrected chi connectivity index (χ1v) is 7.52. The highest BCUT2D eigenvalue weighted by Gasteiger charge is 2.28. The molecule has 0 spiro atoms. The van der Waals surface area contributed by atoms with E-state index >= 15 is 0 Å². The molecule has 1 aromatic heterocycles. The van der Waals surface area contributed by atoms with Crippen molar-refractivity contribution in [3.05, 3.63) is 35.0 Å². The van der Waals surface area contributed by atoms with Crippen LogP contribution in [0.25, 0.3) is 11.5 Å². The van der Waals surface area contributed by atoms with Crippen molar-refractivity contribution >= 4 is 17.5 Å². The Balaban J connectivity index is 1.97. The molecule has 22 heavy (non-hydrogen) atoms. The molecule has 5 nitrogen and oxygen atoms in total. The van der Waals surface area contributed by atoms with Gasteiger partial charge in [-0.2, -0.15) is 10.2 Å². The average Bonchev–Trinajstić information content (AvgIpc) is 2.90. The molecule has 0 aliphatic carbocycles. The van der Waals surface area contributed by atoms with Crippen LogP contribution < -0.4 is 4.90 Å². The van der Waals surface area contributed by atoms with Gasteiger partial charge in [0.15, 0.2) is 0 Å². The van der Waals surface area contributed by atoms with Crippen LogP contribution in [0, 0.1) is 11.3 Å². The van der Waals surface area contributed by atoms with Gasteiger partial charge in [0, 0.05) is 23.7 Å². The first-order valence-electron chi connectivity index (χ1n) is 7.14. The molecule has 0 radical (unpaired) electrons. The number of hydrogen-bond acceptors (Lipinski definition) is 5. The lowest BCUT2D eigenvalue weighted by atomic mass is 10.2. The standard InChI is InChI=1S/C16H16ClN3O2/c1-10-8-20(9-11(2)21-10)16-14(7-18)19-15(22-16)12-4-3-5-13(17)6-12/h3-6,10-11H,8-9H2,1-2H3/t10-,11-/m0/s1. The number of ether oxygens (including phenoxy) is 1. The maximum Gasteiger partial charge on any atom is 0.235 e. The van der Waals surface area contributed by atoms with Gasteiger partial charge in [0.25, 0.3) is 0 Å². The molecule has 1 aliphatic rings. The summed E-state index contributed by atoms with van der Waals surface area (Å²) in [5.74, 6) is 0.903. The van der Waals surface area contributed by atoms with E-state index < -0.39 is 0 Å². The van der Waals surface area contributed by atoms with Gasteiger partial charge >= 0.3 is 0 Å². The van der Waals surface area contributed by atoms with Gasteiger partial charge < -0.3 is 14.1 Å². The maximum atomic E-state index is 9.34. The van der Waals surface area contributed by atoms with Crippen molar-refractivity contribution in [2.75, 3.05) is 18.0 Å². The summed E-state index contributed by atoms with van der Waals surface area (Å²) in [5.41, 5.74) is 1.04. The molecule has 114 valence electrons. The Morgan fingerprint density at radius 2 is 2.05 bits per heavy atom. The van der Waals surface area contributed by atoms with Gasteiger partial charge in [-0.3, -0.25) is 0 Å². The van der Waals surface area contributed by atoms with E-state index in [-0.39, 0.29) is 17.9 Å². The molecule has 0 N–H and O–H groups in total. The van der Waals surface area contributed by atoms with Gasteiger partial charge in [0.05, 0.1) is 12.2 Å². The summed E-state index contributed by atoms with van der Waals surface area (Å²) < 4.78 is 11.6. The second kappa shape index (κ2) is 5.99. The van der Waals surface area contributed by atoms with E-state index in [1.807, 2.05) is 30.9 Å². The quantitative estimate of drug-likeness (QED) is 0.848. The van der Waals surface area contributed by atoms with Crippen LogP contribution >= 0.6 is 11.6 Å². The smallest absolute Gasteiger partial charge is 0.235 e. The van der Waals surface area contributed by atoms with Crippen LogP contribution in [0.2, 0.25) is 5.02 Å². The fraction of sp³-hybridized carbons (Fsp3) is 0.375. The minimum Gasteiger partial charge on any atom is -0.419 e. The lowest BCUT2D eigenvalue weighted by Gasteiger charge is -2.34. The third-order valence-electron chi connectivity index (χ3n) is 3.49. The fourth-order valence-corrected chi connectivity index (χ4v) is 2.88. The molecule has 2 atom stereocenters. The Morgan fingerprint density at radius 1 is 1.32 bits per heavy atom. The van der Waals surface area contributed by atoms with Crippen LogP contribution in [-0.2, 0) is 4.74 Å². The molecule has 0 amide bonds. The lowest BCUT2D eigenvalue weighted by molar-refractivity contribution is -0.00638. The zero-order valence-electron chi connectivity index (χ0n) is 12.4. The molecule has 2 heterocycles. The summed E-state index contributed by atoms with van der Waals surface area (Å²) in [7, 11) is 0. The number of benzene rings is 1. The van der Waals surface area contributed by atoms with E-state index in [1.165, 1.54) is 0 Å². The maximum absolute atomic E-state index is 9.34. The highest BCUT2D eigenvalue weighted by atomic mass is 35.5. The molecule has 1 saturated heterocycles. The summed E-state index contributed by atoms with van der Waals surface area (Å²) in [6.45, 7) is 5.35. The van der Waals surface area contributed by atoms with Gasteiger partial charge in [-0.1, -0.05) is 17.7 Å². The predicted molar refractivity (Wildman–Crippen MR) is 83.9 cm³/mol. The highest BCUT2D eigenvalue weighted by molar-refractivity contribution is 6.30. The number of nitrogens with zero attached hydrogens (tertiary/aromatic N) is 3. The number of hydrogen-bond donors (Lipinski definition) is 0. The minimum atomic E-state index is 0.0787. The van der Waals surface area contributed by atoms with Gasteiger partial charge in [-0.15, -0.1) is 0 Å². The van der Waals surface area contributed by atoms with Crippen molar-refractivity contribution < 1.29 is 9.15 Å². The molecule has 0 bridgehead atoms. The topological polar surface area (TPSA) is 62.3 Å². The van der Waals surface area contributed by atoms with Crippen LogP contribution in [0.3, 0.4) is 0 Å². The molecule has 0 unspecified atom stereocenters. The van der Waals surface area contributed by atoms with E-state index in [2.05, 4.69) is 11.1 Å². The van der Waals surface area contributed by atoms with Crippen LogP contribution in [-0.4, -0.2) is 30.3 Å². The Hall–Kier alpha value is -2.03. The molecule has 1 aliphatic heterocycles. The Bertz CT molecular complexity index is 712. The second-order valence-electron chi connectivity index (χ2n) is 5.46. The summed E-state index contributed by atoms with van der Waals surface area (Å²) in [6, 6.07) is 9.34. The van der Waals surface area contributed by atoms with Crippen molar-refractivity contribution in [1.82, 2.24) is 4.98 Å². The molecular formula is C16H16ClN3O2. The number of oxazole rings is 1. The molecular weight excluding hydrogens is 302 g/mol. The number of halogens is 1. The lowest BCUT2D eigenvalue weighted by Crippen LogP contribution is -2.45. The molecule has 6 heteroatoms. The second-order valence-corrected chi connectivity index (χ2v) is 5.89. The van der Waals surface area contributed by atoms with E-state index in [0.29, 0.717) is 29.9 Å². The molecule has 0 saturated carbocycles. The molecule has 1 fully saturated rings. The van der Waals surface area contributed by atoms with Gasteiger partial charge in [0.2, 0.25) is 17.5 Å². The average molecular weight is 318 g/mol. The number of nitriles is 1. The van der Waals surface area contributed by atoms with Crippen molar-refractivity contribution in [3.8, 4) is 17.5 Å². The van der Waals surface area contributed by atoms with Crippen molar-refractivity contribution in [2.24, 2.45) is 0 Å². The highest BCUT2D eigenvalue weighted by Crippen LogP contribution is 2.30. The Labute approximate surface area is 134 Å². The van der Waals surface area contributed by atoms with Gasteiger partial charge in [-0.25, -0.2) is 0 Å². The van der Waals surface area contributed by atoms with Crippen LogP contribution in [0.1, 0.15) is 19.5 Å². The predicted octanol–water partition coefficient (Wildman–Crippen LogP) is 3.48. The van der Waals surface area contributed by atoms with Gasteiger partial charge in [-0.05, 0) is 32.0 Å². The largest absolute Gasteiger partial charge is 0.419 e. The number of rotatable bonds is 2. The van der Waals surface area contributed by atoms with Crippen molar-refractivity contribution in [2.45, 2.75) is 26.1 Å². The SMILES string of the molecule is C[C@H]1CN(c2oc(-c3cccc(Cl)c3)nc2C#N)C[C@H](C)O1. The summed E-state index contributed by atoms with van der Waals surface area (Å²) in [5, 5.41) is 9.94. The van der Waals surface area contributed by atoms with Gasteiger partial charge in [0.1, 0.15) is 6.07 Å². The Morgan fingerprint density at radius 3 is 2.68 bits per heavy atom. The van der Waals surface area contributed by atoms with Crippen molar-refractivity contribution in [3.63, 3.8) is 0 Å². The van der Waals surface area contributed by atoms with Crippen LogP contribution in [0.5, 0.6) is 0 Å². The first-order chi connectivity index (χ1) is 10.6. The summed E-state index contributed by atoms with van der Waals surface area (Å²) in [4.78, 5) is 6.31. The van der Waals surface area contributed by atoms with Crippen LogP contribution in [0.4, 0.5) is 5.88 Å².